The minimum absolute atomic E-state index is 0.547. The van der Waals surface area contributed by atoms with Crippen molar-refractivity contribution in [2.75, 3.05) is 39.8 Å². The van der Waals surface area contributed by atoms with Gasteiger partial charge in [-0.3, -0.25) is 10.1 Å². The molecule has 6 nitrogen and oxygen atoms in total. The van der Waals surface area contributed by atoms with Gasteiger partial charge in [0, 0.05) is 32.2 Å². The predicted molar refractivity (Wildman–Crippen MR) is 77.0 cm³/mol. The summed E-state index contributed by atoms with van der Waals surface area (Å²) >= 11 is 0. The van der Waals surface area contributed by atoms with Crippen LogP contribution in [0.15, 0.2) is 12.1 Å². The first-order valence-corrected chi connectivity index (χ1v) is 7.04. The molecule has 0 aromatic heterocycles. The molecule has 116 valence electrons. The van der Waals surface area contributed by atoms with E-state index in [0.717, 1.165) is 39.1 Å². The molecule has 0 saturated carbocycles. The van der Waals surface area contributed by atoms with E-state index in [1.165, 1.54) is 12.1 Å². The second-order valence-corrected chi connectivity index (χ2v) is 5.45. The Morgan fingerprint density at radius 1 is 1.33 bits per heavy atom. The summed E-state index contributed by atoms with van der Waals surface area (Å²) in [6.45, 7) is 5.00. The average molecular weight is 297 g/mol. The number of benzene rings is 1. The molecule has 0 unspecified atom stereocenters. The average Bonchev–Trinajstić information content (AvgIpc) is 2.44. The maximum absolute atomic E-state index is 13.5. The Balaban J connectivity index is 1.90. The molecule has 21 heavy (non-hydrogen) atoms. The van der Waals surface area contributed by atoms with E-state index in [-0.39, 0.29) is 0 Å². The van der Waals surface area contributed by atoms with Crippen LogP contribution in [0.1, 0.15) is 12.0 Å². The van der Waals surface area contributed by atoms with Gasteiger partial charge < -0.3 is 14.9 Å². The predicted octanol–water partition coefficient (Wildman–Crippen LogP) is 1.62. The molecule has 0 atom stereocenters. The fourth-order valence-electron chi connectivity index (χ4n) is 2.50. The highest BCUT2D eigenvalue weighted by atomic mass is 19.1. The molecule has 0 spiro atoms. The Hall–Kier alpha value is -1.73. The van der Waals surface area contributed by atoms with Gasteiger partial charge in [-0.1, -0.05) is 0 Å². The van der Waals surface area contributed by atoms with E-state index in [4.69, 9.17) is 0 Å². The van der Waals surface area contributed by atoms with E-state index in [0.29, 0.717) is 12.0 Å². The van der Waals surface area contributed by atoms with Gasteiger partial charge in [0.05, 0.1) is 4.92 Å². The van der Waals surface area contributed by atoms with Crippen LogP contribution >= 0.6 is 0 Å². The number of halogens is 1. The number of aryl methyl sites for hydroxylation is 1. The van der Waals surface area contributed by atoms with Crippen molar-refractivity contribution in [2.24, 2.45) is 0 Å². The molecule has 0 aliphatic carbocycles. The molecule has 0 radical (unpaired) electrons. The summed E-state index contributed by atoms with van der Waals surface area (Å²) in [4.78, 5) is 14.6. The Morgan fingerprint density at radius 2 is 2.00 bits per heavy atom. The summed E-state index contributed by atoms with van der Waals surface area (Å²) in [6.07, 6.45) is 1.37. The van der Waals surface area contributed by atoms with Crippen LogP contribution in [0.2, 0.25) is 0 Å². The summed E-state index contributed by atoms with van der Waals surface area (Å²) in [5, 5.41) is 20.1. The van der Waals surface area contributed by atoms with Crippen molar-refractivity contribution in [3.63, 3.8) is 0 Å². The van der Waals surface area contributed by atoms with E-state index >= 15 is 0 Å². The molecule has 0 bridgehead atoms. The molecule has 1 aliphatic heterocycles. The zero-order valence-corrected chi connectivity index (χ0v) is 12.1. The molecule has 0 amide bonds. The van der Waals surface area contributed by atoms with Gasteiger partial charge in [0.25, 0.3) is 0 Å². The molecule has 7 heteroatoms. The Kier molecular flexibility index (Phi) is 5.08. The number of nitrogens with zero attached hydrogens (tertiary/aromatic N) is 3. The quantitative estimate of drug-likeness (QED) is 0.660. The Labute approximate surface area is 122 Å². The van der Waals surface area contributed by atoms with E-state index in [9.17, 15) is 19.6 Å². The van der Waals surface area contributed by atoms with Gasteiger partial charge in [-0.15, -0.1) is 0 Å². The van der Waals surface area contributed by atoms with E-state index < -0.39 is 22.2 Å². The van der Waals surface area contributed by atoms with Gasteiger partial charge in [0.2, 0.25) is 5.75 Å². The number of piperazine rings is 1. The van der Waals surface area contributed by atoms with Crippen molar-refractivity contribution in [2.45, 2.75) is 12.8 Å². The minimum Gasteiger partial charge on any atom is -0.500 e. The number of aromatic hydroxyl groups is 1. The molecule has 1 fully saturated rings. The molecule has 1 aliphatic rings. The van der Waals surface area contributed by atoms with E-state index in [1.54, 1.807) is 0 Å². The molecule has 1 aromatic carbocycles. The third-order valence-electron chi connectivity index (χ3n) is 3.84. The number of phenolic OH excluding ortho intramolecular Hbond substituents is 1. The lowest BCUT2D eigenvalue weighted by Crippen LogP contribution is -2.44. The second-order valence-electron chi connectivity index (χ2n) is 5.45. The van der Waals surface area contributed by atoms with Crippen LogP contribution in [-0.2, 0) is 6.42 Å². The highest BCUT2D eigenvalue weighted by Crippen LogP contribution is 2.30. The Bertz CT molecular complexity index is 516. The van der Waals surface area contributed by atoms with E-state index in [1.807, 2.05) is 0 Å². The van der Waals surface area contributed by atoms with Gasteiger partial charge in [0.15, 0.2) is 5.82 Å². The number of likely N-dealkylation sites (N-methyl/N-ethyl adjacent to an activating group) is 1. The maximum atomic E-state index is 13.5. The molecular weight excluding hydrogens is 277 g/mol. The maximum Gasteiger partial charge on any atom is 0.314 e. The number of hydrogen-bond donors (Lipinski definition) is 1. The summed E-state index contributed by atoms with van der Waals surface area (Å²) in [7, 11) is 2.09. The molecular formula is C14H20FN3O3. The summed E-state index contributed by atoms with van der Waals surface area (Å²) in [5.74, 6) is -1.82. The van der Waals surface area contributed by atoms with Crippen LogP contribution in [0.25, 0.3) is 0 Å². The Morgan fingerprint density at radius 3 is 2.62 bits per heavy atom. The van der Waals surface area contributed by atoms with Crippen molar-refractivity contribution in [3.05, 3.63) is 33.6 Å². The van der Waals surface area contributed by atoms with Crippen molar-refractivity contribution in [3.8, 4) is 5.75 Å². The normalized spacial score (nSPS) is 17.0. The largest absolute Gasteiger partial charge is 0.500 e. The lowest BCUT2D eigenvalue weighted by Gasteiger charge is -2.32. The molecule has 1 heterocycles. The standard InChI is InChI=1S/C14H20FN3O3/c1-16-5-7-17(8-6-16)4-2-3-11-9-12(15)14(19)13(10-11)18(20)21/h9-10,19H,2-8H2,1H3. The lowest BCUT2D eigenvalue weighted by atomic mass is 10.1. The van der Waals surface area contributed by atoms with Crippen molar-refractivity contribution >= 4 is 5.69 Å². The first kappa shape index (κ1) is 15.7. The molecule has 1 N–H and O–H groups in total. The second kappa shape index (κ2) is 6.82. The summed E-state index contributed by atoms with van der Waals surface area (Å²) in [5.41, 5.74) is -0.0178. The molecule has 1 saturated heterocycles. The van der Waals surface area contributed by atoms with Crippen molar-refractivity contribution in [1.82, 2.24) is 9.80 Å². The monoisotopic (exact) mass is 297 g/mol. The van der Waals surface area contributed by atoms with Gasteiger partial charge in [-0.25, -0.2) is 4.39 Å². The fraction of sp³-hybridized carbons (Fsp3) is 0.571. The smallest absolute Gasteiger partial charge is 0.314 e. The van der Waals surface area contributed by atoms with Gasteiger partial charge in [-0.05, 0) is 38.1 Å². The zero-order chi connectivity index (χ0) is 15.4. The van der Waals surface area contributed by atoms with Crippen LogP contribution in [0.5, 0.6) is 5.75 Å². The number of nitro benzene ring substituents is 1. The summed E-state index contributed by atoms with van der Waals surface area (Å²) < 4.78 is 13.5. The SMILES string of the molecule is CN1CCN(CCCc2cc(F)c(O)c([N+](=O)[O-])c2)CC1. The van der Waals surface area contributed by atoms with Crippen LogP contribution < -0.4 is 0 Å². The first-order chi connectivity index (χ1) is 9.97. The van der Waals surface area contributed by atoms with Gasteiger partial charge in [0.1, 0.15) is 0 Å². The highest BCUT2D eigenvalue weighted by molar-refractivity contribution is 5.48. The van der Waals surface area contributed by atoms with E-state index in [2.05, 4.69) is 16.8 Å². The van der Waals surface area contributed by atoms with Crippen LogP contribution in [0.3, 0.4) is 0 Å². The third kappa shape index (κ3) is 4.12. The number of rotatable bonds is 5. The fourth-order valence-corrected chi connectivity index (χ4v) is 2.50. The van der Waals surface area contributed by atoms with Crippen LogP contribution in [-0.4, -0.2) is 59.6 Å². The third-order valence-corrected chi connectivity index (χ3v) is 3.84. The minimum atomic E-state index is -0.932. The lowest BCUT2D eigenvalue weighted by molar-refractivity contribution is -0.386. The first-order valence-electron chi connectivity index (χ1n) is 7.04. The van der Waals surface area contributed by atoms with Gasteiger partial charge >= 0.3 is 5.69 Å². The van der Waals surface area contributed by atoms with Gasteiger partial charge in [-0.2, -0.15) is 0 Å². The number of phenols is 1. The number of nitro groups is 1. The number of hydrogen-bond acceptors (Lipinski definition) is 5. The molecule has 1 aromatic rings. The van der Waals surface area contributed by atoms with Crippen molar-refractivity contribution in [1.29, 1.82) is 0 Å². The highest BCUT2D eigenvalue weighted by Gasteiger charge is 2.19. The zero-order valence-electron chi connectivity index (χ0n) is 12.1. The van der Waals surface area contributed by atoms with Crippen LogP contribution in [0, 0.1) is 15.9 Å². The van der Waals surface area contributed by atoms with Crippen LogP contribution in [0.4, 0.5) is 10.1 Å². The molecule has 2 rings (SSSR count). The summed E-state index contributed by atoms with van der Waals surface area (Å²) in [6, 6.07) is 2.43. The topological polar surface area (TPSA) is 69.8 Å². The van der Waals surface area contributed by atoms with Crippen molar-refractivity contribution < 1.29 is 14.4 Å².